The van der Waals surface area contributed by atoms with Crippen LogP contribution in [-0.2, 0) is 0 Å². The molecule has 25 heavy (non-hydrogen) atoms. The highest BCUT2D eigenvalue weighted by Gasteiger charge is 2.08. The minimum absolute atomic E-state index is 0.108. The zero-order valence-corrected chi connectivity index (χ0v) is 13.7. The van der Waals surface area contributed by atoms with Gasteiger partial charge in [-0.05, 0) is 66.6 Å². The van der Waals surface area contributed by atoms with Gasteiger partial charge in [-0.2, -0.15) is 0 Å². The number of hydrogen-bond acceptors (Lipinski definition) is 3. The standard InChI is InChI=1S/C22H16O3/c1-2-3-16-4-6-17(7-5-16)18-10-14-21(15-11-18)25-22(24)19-8-12-20(23)13-9-19/h4-15,23H,1H3. The first-order valence-electron chi connectivity index (χ1n) is 7.80. The molecule has 0 radical (unpaired) electrons. The number of phenols is 1. The third kappa shape index (κ3) is 4.07. The average molecular weight is 328 g/mol. The summed E-state index contributed by atoms with van der Waals surface area (Å²) >= 11 is 0. The summed E-state index contributed by atoms with van der Waals surface area (Å²) in [6, 6.07) is 21.2. The first kappa shape index (κ1) is 16.4. The Morgan fingerprint density at radius 1 is 0.840 bits per heavy atom. The Labute approximate surface area is 146 Å². The first-order chi connectivity index (χ1) is 12.2. The van der Waals surface area contributed by atoms with E-state index in [-0.39, 0.29) is 5.75 Å². The number of rotatable bonds is 3. The third-order valence-electron chi connectivity index (χ3n) is 3.66. The number of ether oxygens (including phenoxy) is 1. The predicted octanol–water partition coefficient (Wildman–Crippen LogP) is 4.65. The van der Waals surface area contributed by atoms with Crippen molar-refractivity contribution in [2.24, 2.45) is 0 Å². The zero-order chi connectivity index (χ0) is 17.6. The summed E-state index contributed by atoms with van der Waals surface area (Å²) in [7, 11) is 0. The maximum atomic E-state index is 12.1. The number of hydrogen-bond donors (Lipinski definition) is 1. The molecular weight excluding hydrogens is 312 g/mol. The van der Waals surface area contributed by atoms with E-state index in [1.807, 2.05) is 43.3 Å². The van der Waals surface area contributed by atoms with Gasteiger partial charge in [0.2, 0.25) is 0 Å². The zero-order valence-electron chi connectivity index (χ0n) is 13.7. The van der Waals surface area contributed by atoms with Crippen molar-refractivity contribution in [1.82, 2.24) is 0 Å². The quantitative estimate of drug-likeness (QED) is 0.432. The molecular formula is C22H16O3. The molecule has 3 heteroatoms. The second kappa shape index (κ2) is 7.37. The molecule has 0 saturated heterocycles. The summed E-state index contributed by atoms with van der Waals surface area (Å²) in [6.45, 7) is 1.81. The minimum Gasteiger partial charge on any atom is -0.508 e. The highest BCUT2D eigenvalue weighted by Crippen LogP contribution is 2.23. The smallest absolute Gasteiger partial charge is 0.343 e. The summed E-state index contributed by atoms with van der Waals surface area (Å²) in [5.74, 6) is 6.00. The van der Waals surface area contributed by atoms with Crippen molar-refractivity contribution in [3.05, 3.63) is 83.9 Å². The van der Waals surface area contributed by atoms with Gasteiger partial charge in [0.25, 0.3) is 0 Å². The van der Waals surface area contributed by atoms with E-state index < -0.39 is 5.97 Å². The van der Waals surface area contributed by atoms with Gasteiger partial charge < -0.3 is 9.84 Å². The summed E-state index contributed by atoms with van der Waals surface area (Å²) < 4.78 is 5.34. The molecule has 0 aromatic heterocycles. The molecule has 0 saturated carbocycles. The van der Waals surface area contributed by atoms with E-state index in [0.717, 1.165) is 16.7 Å². The molecule has 3 aromatic carbocycles. The normalized spacial score (nSPS) is 9.80. The number of phenolic OH excluding ortho intramolecular Hbond substituents is 1. The number of esters is 1. The van der Waals surface area contributed by atoms with Crippen LogP contribution in [-0.4, -0.2) is 11.1 Å². The van der Waals surface area contributed by atoms with Gasteiger partial charge in [0.1, 0.15) is 11.5 Å². The van der Waals surface area contributed by atoms with Crippen molar-refractivity contribution in [1.29, 1.82) is 0 Å². The lowest BCUT2D eigenvalue weighted by atomic mass is 10.0. The van der Waals surface area contributed by atoms with Gasteiger partial charge in [-0.1, -0.05) is 30.2 Å². The highest BCUT2D eigenvalue weighted by molar-refractivity contribution is 5.91. The van der Waals surface area contributed by atoms with Gasteiger partial charge in [-0.25, -0.2) is 4.79 Å². The molecule has 0 heterocycles. The van der Waals surface area contributed by atoms with E-state index in [2.05, 4.69) is 11.8 Å². The van der Waals surface area contributed by atoms with Crippen molar-refractivity contribution in [2.75, 3.05) is 0 Å². The van der Waals surface area contributed by atoms with Crippen molar-refractivity contribution in [3.8, 4) is 34.5 Å². The van der Waals surface area contributed by atoms with Crippen LogP contribution >= 0.6 is 0 Å². The van der Waals surface area contributed by atoms with E-state index in [1.54, 1.807) is 12.1 Å². The molecule has 0 spiro atoms. The Morgan fingerprint density at radius 2 is 1.40 bits per heavy atom. The largest absolute Gasteiger partial charge is 0.508 e. The van der Waals surface area contributed by atoms with Gasteiger partial charge in [0, 0.05) is 5.56 Å². The SMILES string of the molecule is CC#Cc1ccc(-c2ccc(OC(=O)c3ccc(O)cc3)cc2)cc1. The Morgan fingerprint density at radius 3 is 1.96 bits per heavy atom. The van der Waals surface area contributed by atoms with Crippen molar-refractivity contribution >= 4 is 5.97 Å². The summed E-state index contributed by atoms with van der Waals surface area (Å²) in [5.41, 5.74) is 3.46. The van der Waals surface area contributed by atoms with Gasteiger partial charge >= 0.3 is 5.97 Å². The number of carbonyl (C=O) groups is 1. The highest BCUT2D eigenvalue weighted by atomic mass is 16.5. The van der Waals surface area contributed by atoms with Crippen molar-refractivity contribution in [3.63, 3.8) is 0 Å². The summed E-state index contributed by atoms with van der Waals surface area (Å²) in [5, 5.41) is 9.25. The molecule has 3 rings (SSSR count). The average Bonchev–Trinajstić information content (AvgIpc) is 2.64. The summed E-state index contributed by atoms with van der Waals surface area (Å²) in [6.07, 6.45) is 0. The van der Waals surface area contributed by atoms with Crippen LogP contribution in [0.2, 0.25) is 0 Å². The Balaban J connectivity index is 1.72. The summed E-state index contributed by atoms with van der Waals surface area (Å²) in [4.78, 5) is 12.1. The van der Waals surface area contributed by atoms with E-state index >= 15 is 0 Å². The fourth-order valence-electron chi connectivity index (χ4n) is 2.37. The van der Waals surface area contributed by atoms with Crippen LogP contribution < -0.4 is 4.74 Å². The molecule has 0 bridgehead atoms. The van der Waals surface area contributed by atoms with Crippen LogP contribution in [0.1, 0.15) is 22.8 Å². The lowest BCUT2D eigenvalue weighted by Crippen LogP contribution is -2.07. The van der Waals surface area contributed by atoms with Gasteiger partial charge in [0.05, 0.1) is 5.56 Å². The van der Waals surface area contributed by atoms with Crippen LogP contribution in [0.25, 0.3) is 11.1 Å². The van der Waals surface area contributed by atoms with E-state index in [0.29, 0.717) is 11.3 Å². The second-order valence-corrected chi connectivity index (χ2v) is 5.41. The van der Waals surface area contributed by atoms with Gasteiger partial charge in [0.15, 0.2) is 0 Å². The molecule has 1 N–H and O–H groups in total. The monoisotopic (exact) mass is 328 g/mol. The van der Waals surface area contributed by atoms with E-state index in [4.69, 9.17) is 4.74 Å². The molecule has 0 aliphatic heterocycles. The van der Waals surface area contributed by atoms with Crippen LogP contribution in [0.15, 0.2) is 72.8 Å². The van der Waals surface area contributed by atoms with Crippen LogP contribution in [0.3, 0.4) is 0 Å². The van der Waals surface area contributed by atoms with Crippen molar-refractivity contribution in [2.45, 2.75) is 6.92 Å². The third-order valence-corrected chi connectivity index (χ3v) is 3.66. The topological polar surface area (TPSA) is 46.5 Å². The molecule has 3 nitrogen and oxygen atoms in total. The lowest BCUT2D eigenvalue weighted by Gasteiger charge is -2.06. The molecule has 122 valence electrons. The minimum atomic E-state index is -0.463. The molecule has 0 aliphatic carbocycles. The first-order valence-corrected chi connectivity index (χ1v) is 7.80. The second-order valence-electron chi connectivity index (χ2n) is 5.41. The molecule has 0 amide bonds. The Bertz CT molecular complexity index is 926. The fourth-order valence-corrected chi connectivity index (χ4v) is 2.37. The predicted molar refractivity (Wildman–Crippen MR) is 97.5 cm³/mol. The molecule has 0 unspecified atom stereocenters. The van der Waals surface area contributed by atoms with Gasteiger partial charge in [-0.15, -0.1) is 5.92 Å². The number of aromatic hydroxyl groups is 1. The van der Waals surface area contributed by atoms with Crippen LogP contribution in [0, 0.1) is 11.8 Å². The maximum absolute atomic E-state index is 12.1. The molecule has 0 aliphatic rings. The lowest BCUT2D eigenvalue weighted by molar-refractivity contribution is 0.0735. The van der Waals surface area contributed by atoms with Crippen molar-refractivity contribution < 1.29 is 14.6 Å². The van der Waals surface area contributed by atoms with Crippen LogP contribution in [0.5, 0.6) is 11.5 Å². The maximum Gasteiger partial charge on any atom is 0.343 e. The van der Waals surface area contributed by atoms with E-state index in [1.165, 1.54) is 24.3 Å². The molecule has 0 fully saturated rings. The van der Waals surface area contributed by atoms with Gasteiger partial charge in [-0.3, -0.25) is 0 Å². The molecule has 0 atom stereocenters. The fraction of sp³-hybridized carbons (Fsp3) is 0.0455. The number of benzene rings is 3. The Hall–Kier alpha value is -3.51. The molecule has 3 aromatic rings. The number of carbonyl (C=O) groups excluding carboxylic acids is 1. The Kier molecular flexibility index (Phi) is 4.82. The van der Waals surface area contributed by atoms with Crippen LogP contribution in [0.4, 0.5) is 0 Å². The van der Waals surface area contributed by atoms with E-state index in [9.17, 15) is 9.90 Å².